The molecule has 0 aliphatic heterocycles. The first-order valence-electron chi connectivity index (χ1n) is 6.49. The summed E-state index contributed by atoms with van der Waals surface area (Å²) in [6.07, 6.45) is 3.06. The van der Waals surface area contributed by atoms with Crippen molar-refractivity contribution in [3.63, 3.8) is 0 Å². The fraction of sp³-hybridized carbons (Fsp3) is 0.333. The molecule has 1 aromatic carbocycles. The van der Waals surface area contributed by atoms with Crippen LogP contribution in [-0.4, -0.2) is 39.1 Å². The first kappa shape index (κ1) is 16.6. The molecule has 0 radical (unpaired) electrons. The molecule has 0 saturated carbocycles. The van der Waals surface area contributed by atoms with Gasteiger partial charge in [-0.3, -0.25) is 9.59 Å². The van der Waals surface area contributed by atoms with Gasteiger partial charge in [-0.25, -0.2) is 0 Å². The zero-order valence-electron chi connectivity index (χ0n) is 12.4. The van der Waals surface area contributed by atoms with E-state index in [0.717, 1.165) is 5.56 Å². The summed E-state index contributed by atoms with van der Waals surface area (Å²) < 4.78 is 10.3. The maximum Gasteiger partial charge on any atom is 0.244 e. The number of ether oxygens (including phenoxy) is 2. The molecule has 0 aliphatic carbocycles. The van der Waals surface area contributed by atoms with Gasteiger partial charge in [0.2, 0.25) is 11.8 Å². The second-order valence-corrected chi connectivity index (χ2v) is 4.22. The predicted octanol–water partition coefficient (Wildman–Crippen LogP) is 0.969. The van der Waals surface area contributed by atoms with Crippen LogP contribution in [0.2, 0.25) is 0 Å². The normalized spacial score (nSPS) is 10.2. The Hall–Kier alpha value is -2.50. The summed E-state index contributed by atoms with van der Waals surface area (Å²) in [4.78, 5) is 22.3. The van der Waals surface area contributed by atoms with Crippen LogP contribution in [-0.2, 0) is 9.59 Å². The van der Waals surface area contributed by atoms with E-state index < -0.39 is 0 Å². The molecule has 0 aliphatic rings. The maximum atomic E-state index is 11.6. The number of carbonyl (C=O) groups excluding carboxylic acids is 2. The number of carbonyl (C=O) groups is 2. The van der Waals surface area contributed by atoms with Crippen LogP contribution in [0.25, 0.3) is 6.08 Å². The van der Waals surface area contributed by atoms with Crippen LogP contribution < -0.4 is 20.1 Å². The van der Waals surface area contributed by atoms with Gasteiger partial charge in [0, 0.05) is 31.7 Å². The van der Waals surface area contributed by atoms with Crippen molar-refractivity contribution in [3.8, 4) is 11.5 Å². The van der Waals surface area contributed by atoms with E-state index in [2.05, 4.69) is 10.6 Å². The minimum Gasteiger partial charge on any atom is -0.497 e. The largest absolute Gasteiger partial charge is 0.497 e. The van der Waals surface area contributed by atoms with Crippen molar-refractivity contribution >= 4 is 17.9 Å². The Labute approximate surface area is 124 Å². The number of nitrogens with one attached hydrogen (secondary N) is 2. The summed E-state index contributed by atoms with van der Waals surface area (Å²) in [6.45, 7) is 2.20. The van der Waals surface area contributed by atoms with Crippen LogP contribution in [0.3, 0.4) is 0 Å². The van der Waals surface area contributed by atoms with Crippen molar-refractivity contribution < 1.29 is 19.1 Å². The molecular formula is C15H20N2O4. The summed E-state index contributed by atoms with van der Waals surface area (Å²) >= 11 is 0. The average Bonchev–Trinajstić information content (AvgIpc) is 2.48. The lowest BCUT2D eigenvalue weighted by Crippen LogP contribution is -2.32. The van der Waals surface area contributed by atoms with Gasteiger partial charge in [0.1, 0.15) is 11.5 Å². The smallest absolute Gasteiger partial charge is 0.244 e. The standard InChI is InChI=1S/C15H20N2O4/c1-11(18)16-8-9-17-15(19)7-4-12-10-13(20-2)5-6-14(12)21-3/h4-7,10H,8-9H2,1-3H3,(H,16,18)(H,17,19)/b7-4+. The second kappa shape index (κ2) is 8.63. The van der Waals surface area contributed by atoms with Gasteiger partial charge in [0.05, 0.1) is 14.2 Å². The molecule has 0 spiro atoms. The topological polar surface area (TPSA) is 76.7 Å². The molecule has 0 unspecified atom stereocenters. The Balaban J connectivity index is 2.58. The number of amides is 2. The number of rotatable bonds is 7. The minimum atomic E-state index is -0.245. The van der Waals surface area contributed by atoms with Crippen LogP contribution in [0.1, 0.15) is 12.5 Å². The zero-order valence-corrected chi connectivity index (χ0v) is 12.4. The Morgan fingerprint density at radius 3 is 2.48 bits per heavy atom. The molecule has 1 rings (SSSR count). The Kier molecular flexibility index (Phi) is 6.80. The van der Waals surface area contributed by atoms with Crippen LogP contribution in [0.5, 0.6) is 11.5 Å². The first-order chi connectivity index (χ1) is 10.1. The van der Waals surface area contributed by atoms with E-state index >= 15 is 0 Å². The Morgan fingerprint density at radius 2 is 1.86 bits per heavy atom. The lowest BCUT2D eigenvalue weighted by atomic mass is 10.1. The van der Waals surface area contributed by atoms with Gasteiger partial charge in [-0.2, -0.15) is 0 Å². The molecule has 2 N–H and O–H groups in total. The molecule has 114 valence electrons. The van der Waals surface area contributed by atoms with Gasteiger partial charge < -0.3 is 20.1 Å². The molecular weight excluding hydrogens is 272 g/mol. The monoisotopic (exact) mass is 292 g/mol. The highest BCUT2D eigenvalue weighted by atomic mass is 16.5. The molecule has 6 heteroatoms. The summed E-state index contributed by atoms with van der Waals surface area (Å²) in [7, 11) is 3.14. The lowest BCUT2D eigenvalue weighted by molar-refractivity contribution is -0.119. The van der Waals surface area contributed by atoms with E-state index in [0.29, 0.717) is 24.6 Å². The molecule has 0 fully saturated rings. The van der Waals surface area contributed by atoms with Crippen molar-refractivity contribution in [2.75, 3.05) is 27.3 Å². The van der Waals surface area contributed by atoms with Gasteiger partial charge in [0.25, 0.3) is 0 Å². The molecule has 21 heavy (non-hydrogen) atoms. The molecule has 0 aromatic heterocycles. The fourth-order valence-corrected chi connectivity index (χ4v) is 1.62. The first-order valence-corrected chi connectivity index (χ1v) is 6.49. The van der Waals surface area contributed by atoms with Gasteiger partial charge in [0.15, 0.2) is 0 Å². The van der Waals surface area contributed by atoms with Crippen LogP contribution in [0.4, 0.5) is 0 Å². The molecule has 0 atom stereocenters. The Bertz CT molecular complexity index is 526. The third kappa shape index (κ3) is 5.99. The summed E-state index contributed by atoms with van der Waals surface area (Å²) in [5.74, 6) is 0.964. The van der Waals surface area contributed by atoms with Gasteiger partial charge in [-0.05, 0) is 24.3 Å². The van der Waals surface area contributed by atoms with Crippen molar-refractivity contribution in [1.29, 1.82) is 0 Å². The number of benzene rings is 1. The average molecular weight is 292 g/mol. The van der Waals surface area contributed by atoms with Crippen LogP contribution >= 0.6 is 0 Å². The van der Waals surface area contributed by atoms with E-state index in [1.54, 1.807) is 38.5 Å². The number of hydrogen-bond donors (Lipinski definition) is 2. The van der Waals surface area contributed by atoms with E-state index in [-0.39, 0.29) is 11.8 Å². The zero-order chi connectivity index (χ0) is 15.7. The van der Waals surface area contributed by atoms with Crippen LogP contribution in [0.15, 0.2) is 24.3 Å². The van der Waals surface area contributed by atoms with E-state index in [1.165, 1.54) is 13.0 Å². The van der Waals surface area contributed by atoms with Gasteiger partial charge in [-0.15, -0.1) is 0 Å². The third-order valence-corrected chi connectivity index (χ3v) is 2.65. The quantitative estimate of drug-likeness (QED) is 0.580. The summed E-state index contributed by atoms with van der Waals surface area (Å²) in [5, 5.41) is 5.26. The second-order valence-electron chi connectivity index (χ2n) is 4.22. The Morgan fingerprint density at radius 1 is 1.14 bits per heavy atom. The van der Waals surface area contributed by atoms with Crippen molar-refractivity contribution in [3.05, 3.63) is 29.8 Å². The minimum absolute atomic E-state index is 0.124. The molecule has 1 aromatic rings. The van der Waals surface area contributed by atoms with Gasteiger partial charge in [-0.1, -0.05) is 0 Å². The predicted molar refractivity (Wildman–Crippen MR) is 80.3 cm³/mol. The van der Waals surface area contributed by atoms with E-state index in [4.69, 9.17) is 9.47 Å². The van der Waals surface area contributed by atoms with Crippen LogP contribution in [0, 0.1) is 0 Å². The summed E-state index contributed by atoms with van der Waals surface area (Å²) in [5.41, 5.74) is 0.744. The summed E-state index contributed by atoms with van der Waals surface area (Å²) in [6, 6.07) is 5.33. The molecule has 6 nitrogen and oxygen atoms in total. The highest BCUT2D eigenvalue weighted by molar-refractivity contribution is 5.92. The number of hydrogen-bond acceptors (Lipinski definition) is 4. The molecule has 0 saturated heterocycles. The number of methoxy groups -OCH3 is 2. The van der Waals surface area contributed by atoms with E-state index in [9.17, 15) is 9.59 Å². The molecule has 0 heterocycles. The maximum absolute atomic E-state index is 11.6. The molecule has 0 bridgehead atoms. The fourth-order valence-electron chi connectivity index (χ4n) is 1.62. The van der Waals surface area contributed by atoms with Crippen molar-refractivity contribution in [1.82, 2.24) is 10.6 Å². The lowest BCUT2D eigenvalue weighted by Gasteiger charge is -2.07. The molecule has 2 amide bonds. The van der Waals surface area contributed by atoms with E-state index in [1.807, 2.05) is 0 Å². The van der Waals surface area contributed by atoms with Crippen molar-refractivity contribution in [2.45, 2.75) is 6.92 Å². The van der Waals surface area contributed by atoms with Crippen molar-refractivity contribution in [2.24, 2.45) is 0 Å². The SMILES string of the molecule is COc1ccc(OC)c(/C=C/C(=O)NCCNC(C)=O)c1. The van der Waals surface area contributed by atoms with Gasteiger partial charge >= 0.3 is 0 Å². The highest BCUT2D eigenvalue weighted by Gasteiger charge is 2.03. The highest BCUT2D eigenvalue weighted by Crippen LogP contribution is 2.24. The third-order valence-electron chi connectivity index (χ3n) is 2.65.